The van der Waals surface area contributed by atoms with E-state index in [4.69, 9.17) is 25.2 Å². The number of hydrogen-bond acceptors (Lipinski definition) is 5. The zero-order valence-corrected chi connectivity index (χ0v) is 12.9. The van der Waals surface area contributed by atoms with Crippen LogP contribution in [-0.2, 0) is 13.6 Å². The van der Waals surface area contributed by atoms with Gasteiger partial charge in [0.2, 0.25) is 5.50 Å². The van der Waals surface area contributed by atoms with E-state index in [2.05, 4.69) is 5.16 Å². The van der Waals surface area contributed by atoms with Gasteiger partial charge in [0.15, 0.2) is 0 Å². The van der Waals surface area contributed by atoms with Crippen molar-refractivity contribution in [1.82, 2.24) is 5.16 Å². The monoisotopic (exact) mass is 315 g/mol. The first-order valence-corrected chi connectivity index (χ1v) is 8.13. The Morgan fingerprint density at radius 2 is 1.80 bits per heavy atom. The molecule has 1 aromatic heterocycles. The predicted molar refractivity (Wildman–Crippen MR) is 77.4 cm³/mol. The summed E-state index contributed by atoms with van der Waals surface area (Å²) in [7, 11) is -3.44. The Morgan fingerprint density at radius 1 is 1.20 bits per heavy atom. The van der Waals surface area contributed by atoms with Crippen LogP contribution in [0, 0.1) is 0 Å². The van der Waals surface area contributed by atoms with Gasteiger partial charge in [-0.1, -0.05) is 28.9 Å². The molecule has 0 spiro atoms. The average molecular weight is 316 g/mol. The van der Waals surface area contributed by atoms with Gasteiger partial charge in [-0.15, -0.1) is 0 Å². The first-order valence-electron chi connectivity index (χ1n) is 6.21. The fourth-order valence-electron chi connectivity index (χ4n) is 1.66. The molecule has 0 fully saturated rings. The summed E-state index contributed by atoms with van der Waals surface area (Å²) in [5.41, 5.74) is 1.46. The van der Waals surface area contributed by atoms with E-state index in [0.29, 0.717) is 10.7 Å². The first-order chi connectivity index (χ1) is 9.59. The Labute approximate surface area is 122 Å². The quantitative estimate of drug-likeness (QED) is 0.757. The Hall–Kier alpha value is -1.13. The van der Waals surface area contributed by atoms with Crippen molar-refractivity contribution in [2.75, 3.05) is 13.2 Å². The molecule has 1 heterocycles. The van der Waals surface area contributed by atoms with Crippen LogP contribution in [-0.4, -0.2) is 18.4 Å². The highest BCUT2D eigenvalue weighted by molar-refractivity contribution is 7.61. The summed E-state index contributed by atoms with van der Waals surface area (Å²) in [6, 6.07) is 8.66. The van der Waals surface area contributed by atoms with E-state index < -0.39 is 7.60 Å². The van der Waals surface area contributed by atoms with Gasteiger partial charge in [0, 0.05) is 16.7 Å². The fourth-order valence-corrected chi connectivity index (χ4v) is 3.21. The van der Waals surface area contributed by atoms with E-state index in [1.807, 2.05) is 0 Å². The normalized spacial score (nSPS) is 11.8. The Balaban J connectivity index is 2.31. The topological polar surface area (TPSA) is 61.6 Å². The van der Waals surface area contributed by atoms with Crippen LogP contribution in [0.2, 0.25) is 5.02 Å². The Morgan fingerprint density at radius 3 is 2.35 bits per heavy atom. The zero-order chi connectivity index (χ0) is 14.6. The van der Waals surface area contributed by atoms with Crippen LogP contribution in [0.25, 0.3) is 11.3 Å². The van der Waals surface area contributed by atoms with Gasteiger partial charge >= 0.3 is 7.60 Å². The molecule has 0 saturated heterocycles. The third-order valence-electron chi connectivity index (χ3n) is 2.51. The van der Waals surface area contributed by atoms with Crippen molar-refractivity contribution in [1.29, 1.82) is 0 Å². The molecule has 0 N–H and O–H groups in total. The van der Waals surface area contributed by atoms with E-state index in [0.717, 1.165) is 5.56 Å². The molecule has 0 aliphatic heterocycles. The van der Waals surface area contributed by atoms with Crippen LogP contribution >= 0.6 is 19.2 Å². The van der Waals surface area contributed by atoms with Gasteiger partial charge in [-0.05, 0) is 26.0 Å². The first kappa shape index (κ1) is 15.3. The van der Waals surface area contributed by atoms with Crippen molar-refractivity contribution >= 4 is 24.7 Å². The molecule has 0 amide bonds. The lowest BCUT2D eigenvalue weighted by molar-refractivity contribution is 0.223. The lowest BCUT2D eigenvalue weighted by atomic mass is 10.2. The predicted octanol–water partition coefficient (Wildman–Crippen LogP) is 3.89. The molecular weight excluding hydrogens is 301 g/mol. The van der Waals surface area contributed by atoms with E-state index in [1.54, 1.807) is 44.2 Å². The highest BCUT2D eigenvalue weighted by Gasteiger charge is 2.32. The average Bonchev–Trinajstić information content (AvgIpc) is 2.90. The van der Waals surface area contributed by atoms with Crippen LogP contribution in [0.3, 0.4) is 0 Å². The lowest BCUT2D eigenvalue weighted by Gasteiger charge is -2.12. The second-order valence-corrected chi connectivity index (χ2v) is 6.28. The van der Waals surface area contributed by atoms with Crippen LogP contribution in [0.15, 0.2) is 34.9 Å². The van der Waals surface area contributed by atoms with Gasteiger partial charge in [-0.25, -0.2) is 0 Å². The second kappa shape index (κ2) is 6.55. The maximum atomic E-state index is 12.5. The molecule has 1 aromatic carbocycles. The van der Waals surface area contributed by atoms with E-state index in [9.17, 15) is 4.57 Å². The van der Waals surface area contributed by atoms with Gasteiger partial charge in [-0.3, -0.25) is 4.57 Å². The van der Waals surface area contributed by atoms with Gasteiger partial charge in [0.1, 0.15) is 5.69 Å². The molecule has 0 atom stereocenters. The van der Waals surface area contributed by atoms with Gasteiger partial charge < -0.3 is 13.6 Å². The molecule has 108 valence electrons. The van der Waals surface area contributed by atoms with Crippen molar-refractivity contribution in [2.24, 2.45) is 0 Å². The molecule has 7 heteroatoms. The third-order valence-corrected chi connectivity index (χ3v) is 4.70. The standard InChI is InChI=1S/C13H15ClNO4P/c1-3-17-20(16,18-4-2)13-9-12(15-19-13)10-5-7-11(14)8-6-10/h5-9H,3-4H2,1-2H3. The second-order valence-electron chi connectivity index (χ2n) is 3.89. The minimum Gasteiger partial charge on any atom is -0.348 e. The highest BCUT2D eigenvalue weighted by atomic mass is 35.5. The molecule has 0 radical (unpaired) electrons. The summed E-state index contributed by atoms with van der Waals surface area (Å²) in [5, 5.41) is 4.53. The van der Waals surface area contributed by atoms with Crippen LogP contribution in [0.5, 0.6) is 0 Å². The summed E-state index contributed by atoms with van der Waals surface area (Å²) in [6.07, 6.45) is 0. The number of halogens is 1. The maximum absolute atomic E-state index is 12.5. The number of nitrogens with zero attached hydrogens (tertiary/aromatic N) is 1. The van der Waals surface area contributed by atoms with E-state index >= 15 is 0 Å². The molecular formula is C13H15ClNO4P. The van der Waals surface area contributed by atoms with Crippen molar-refractivity contribution in [3.63, 3.8) is 0 Å². The van der Waals surface area contributed by atoms with Crippen LogP contribution in [0.1, 0.15) is 13.8 Å². The van der Waals surface area contributed by atoms with E-state index in [-0.39, 0.29) is 18.7 Å². The molecule has 2 rings (SSSR count). The zero-order valence-electron chi connectivity index (χ0n) is 11.2. The van der Waals surface area contributed by atoms with Gasteiger partial charge in [0.25, 0.3) is 0 Å². The summed E-state index contributed by atoms with van der Waals surface area (Å²) in [5.74, 6) is 0. The lowest BCUT2D eigenvalue weighted by Crippen LogP contribution is -2.08. The molecule has 0 aliphatic carbocycles. The Bertz CT molecular complexity index is 601. The molecule has 0 aliphatic rings. The maximum Gasteiger partial charge on any atom is 0.399 e. The largest absolute Gasteiger partial charge is 0.399 e. The molecule has 0 bridgehead atoms. The molecule has 2 aromatic rings. The van der Waals surface area contributed by atoms with Crippen LogP contribution in [0.4, 0.5) is 0 Å². The highest BCUT2D eigenvalue weighted by Crippen LogP contribution is 2.47. The van der Waals surface area contributed by atoms with Gasteiger partial charge in [-0.2, -0.15) is 0 Å². The summed E-state index contributed by atoms with van der Waals surface area (Å²) in [4.78, 5) is 0. The molecule has 0 unspecified atom stereocenters. The SMILES string of the molecule is CCOP(=O)(OCC)c1cc(-c2ccc(Cl)cc2)no1. The third kappa shape index (κ3) is 3.30. The minimum absolute atomic E-state index is 0.103. The Kier molecular flexibility index (Phi) is 5.00. The fraction of sp³-hybridized carbons (Fsp3) is 0.308. The summed E-state index contributed by atoms with van der Waals surface area (Å²) < 4.78 is 28.0. The number of aromatic nitrogens is 1. The molecule has 20 heavy (non-hydrogen) atoms. The van der Waals surface area contributed by atoms with Crippen molar-refractivity contribution < 1.29 is 18.1 Å². The van der Waals surface area contributed by atoms with E-state index in [1.165, 1.54) is 0 Å². The van der Waals surface area contributed by atoms with Crippen LogP contribution < -0.4 is 5.50 Å². The number of hydrogen-bond donors (Lipinski definition) is 0. The minimum atomic E-state index is -3.44. The van der Waals surface area contributed by atoms with Crippen molar-refractivity contribution in [3.05, 3.63) is 35.4 Å². The van der Waals surface area contributed by atoms with Crippen molar-refractivity contribution in [3.8, 4) is 11.3 Å². The summed E-state index contributed by atoms with van der Waals surface area (Å²) in [6.45, 7) is 3.99. The molecule has 0 saturated carbocycles. The molecule has 5 nitrogen and oxygen atoms in total. The van der Waals surface area contributed by atoms with Crippen molar-refractivity contribution in [2.45, 2.75) is 13.8 Å². The summed E-state index contributed by atoms with van der Waals surface area (Å²) >= 11 is 5.83. The number of rotatable bonds is 6. The van der Waals surface area contributed by atoms with Gasteiger partial charge in [0.05, 0.1) is 13.2 Å². The smallest absolute Gasteiger partial charge is 0.348 e. The number of benzene rings is 1.